The Balaban J connectivity index is 1.76. The van der Waals surface area contributed by atoms with Gasteiger partial charge < -0.3 is 9.15 Å². The van der Waals surface area contributed by atoms with Gasteiger partial charge in [0.25, 0.3) is 0 Å². The van der Waals surface area contributed by atoms with Crippen LogP contribution < -0.4 is 4.74 Å². The second-order valence-corrected chi connectivity index (χ2v) is 4.74. The molecule has 1 aromatic heterocycles. The molecule has 2 aromatic carbocycles. The van der Waals surface area contributed by atoms with Crippen molar-refractivity contribution in [3.63, 3.8) is 0 Å². The van der Waals surface area contributed by atoms with Crippen molar-refractivity contribution in [2.75, 3.05) is 0 Å². The molecule has 0 fully saturated rings. The van der Waals surface area contributed by atoms with Gasteiger partial charge in [-0.25, -0.2) is 0 Å². The van der Waals surface area contributed by atoms with Crippen LogP contribution in [0.3, 0.4) is 0 Å². The van der Waals surface area contributed by atoms with E-state index in [9.17, 15) is 4.79 Å². The number of benzene rings is 2. The molecule has 20 heavy (non-hydrogen) atoms. The van der Waals surface area contributed by atoms with Crippen molar-refractivity contribution in [3.05, 3.63) is 65.9 Å². The van der Waals surface area contributed by atoms with Crippen molar-refractivity contribution in [1.29, 1.82) is 0 Å². The first-order valence-electron chi connectivity index (χ1n) is 6.45. The van der Waals surface area contributed by atoms with E-state index < -0.39 is 0 Å². The van der Waals surface area contributed by atoms with Crippen LogP contribution in [-0.2, 0) is 11.2 Å². The highest BCUT2D eigenvalue weighted by Crippen LogP contribution is 2.27. The summed E-state index contributed by atoms with van der Waals surface area (Å²) in [5.74, 6) is 0.181. The molecule has 0 unspecified atom stereocenters. The van der Waals surface area contributed by atoms with Crippen LogP contribution in [0, 0.1) is 6.92 Å². The summed E-state index contributed by atoms with van der Waals surface area (Å²) in [6, 6.07) is 15.3. The maximum Gasteiger partial charge on any atom is 0.315 e. The summed E-state index contributed by atoms with van der Waals surface area (Å²) >= 11 is 0. The van der Waals surface area contributed by atoms with Gasteiger partial charge in [0.1, 0.15) is 11.8 Å². The maximum absolute atomic E-state index is 12.0. The minimum atomic E-state index is -0.290. The molecule has 0 saturated carbocycles. The summed E-state index contributed by atoms with van der Waals surface area (Å²) in [5.41, 5.74) is 2.79. The number of hydrogen-bond acceptors (Lipinski definition) is 3. The van der Waals surface area contributed by atoms with Crippen LogP contribution in [0.25, 0.3) is 11.0 Å². The Morgan fingerprint density at radius 3 is 2.85 bits per heavy atom. The highest BCUT2D eigenvalue weighted by molar-refractivity contribution is 5.87. The number of carbonyl (C=O) groups excluding carboxylic acids is 1. The van der Waals surface area contributed by atoms with Gasteiger partial charge in [-0.3, -0.25) is 4.79 Å². The van der Waals surface area contributed by atoms with Crippen LogP contribution >= 0.6 is 0 Å². The number of esters is 1. The summed E-state index contributed by atoms with van der Waals surface area (Å²) in [5, 5.41) is 0.810. The van der Waals surface area contributed by atoms with E-state index in [1.54, 1.807) is 0 Å². The number of furan rings is 1. The van der Waals surface area contributed by atoms with Crippen molar-refractivity contribution in [2.24, 2.45) is 0 Å². The van der Waals surface area contributed by atoms with Crippen LogP contribution in [0.1, 0.15) is 11.1 Å². The molecule has 0 aliphatic rings. The van der Waals surface area contributed by atoms with Gasteiger partial charge in [0, 0.05) is 0 Å². The number of carbonyl (C=O) groups is 1. The van der Waals surface area contributed by atoms with Crippen molar-refractivity contribution < 1.29 is 13.9 Å². The fourth-order valence-corrected chi connectivity index (χ4v) is 2.18. The summed E-state index contributed by atoms with van der Waals surface area (Å²) in [7, 11) is 0. The maximum atomic E-state index is 12.0. The highest BCUT2D eigenvalue weighted by Gasteiger charge is 2.11. The van der Waals surface area contributed by atoms with Crippen LogP contribution in [0.15, 0.2) is 59.2 Å². The number of hydrogen-bond donors (Lipinski definition) is 0. The molecule has 0 radical (unpaired) electrons. The third kappa shape index (κ3) is 2.57. The molecular weight excluding hydrogens is 252 g/mol. The van der Waals surface area contributed by atoms with E-state index in [1.807, 2.05) is 55.5 Å². The fraction of sp³-hybridized carbons (Fsp3) is 0.118. The van der Waals surface area contributed by atoms with Crippen molar-refractivity contribution >= 4 is 16.9 Å². The van der Waals surface area contributed by atoms with Gasteiger partial charge in [0.05, 0.1) is 11.8 Å². The van der Waals surface area contributed by atoms with E-state index in [1.165, 1.54) is 6.26 Å². The zero-order valence-electron chi connectivity index (χ0n) is 11.1. The van der Waals surface area contributed by atoms with Gasteiger partial charge in [0.15, 0.2) is 5.75 Å². The normalized spacial score (nSPS) is 10.7. The molecule has 100 valence electrons. The molecule has 3 heteroatoms. The molecule has 0 spiro atoms. The van der Waals surface area contributed by atoms with Gasteiger partial charge in [-0.15, -0.1) is 0 Å². The highest BCUT2D eigenvalue weighted by atomic mass is 16.5. The molecule has 3 nitrogen and oxygen atoms in total. The zero-order valence-corrected chi connectivity index (χ0v) is 11.1. The van der Waals surface area contributed by atoms with Crippen molar-refractivity contribution in [1.82, 2.24) is 0 Å². The average molecular weight is 266 g/mol. The molecule has 0 amide bonds. The Kier molecular flexibility index (Phi) is 3.25. The second kappa shape index (κ2) is 5.21. The number of para-hydroxylation sites is 1. The van der Waals surface area contributed by atoms with Crippen LogP contribution in [-0.4, -0.2) is 5.97 Å². The first-order chi connectivity index (χ1) is 9.72. The SMILES string of the molecule is Cc1cccc(CC(=O)Oc2coc3ccccc23)c1. The van der Waals surface area contributed by atoms with E-state index >= 15 is 0 Å². The molecule has 0 N–H and O–H groups in total. The number of rotatable bonds is 3. The lowest BCUT2D eigenvalue weighted by molar-refractivity contribution is -0.133. The van der Waals surface area contributed by atoms with Gasteiger partial charge in [-0.1, -0.05) is 42.0 Å². The molecule has 0 saturated heterocycles. The first-order valence-corrected chi connectivity index (χ1v) is 6.45. The minimum Gasteiger partial charge on any atom is -0.460 e. The number of fused-ring (bicyclic) bond motifs is 1. The van der Waals surface area contributed by atoms with Crippen molar-refractivity contribution in [2.45, 2.75) is 13.3 Å². The Morgan fingerprint density at radius 1 is 1.15 bits per heavy atom. The lowest BCUT2D eigenvalue weighted by Gasteiger charge is -2.03. The monoisotopic (exact) mass is 266 g/mol. The second-order valence-electron chi connectivity index (χ2n) is 4.74. The Hall–Kier alpha value is -2.55. The van der Waals surface area contributed by atoms with Gasteiger partial charge in [-0.2, -0.15) is 0 Å². The molecular formula is C17H14O3. The molecule has 0 aliphatic heterocycles. The quantitative estimate of drug-likeness (QED) is 0.675. The third-order valence-corrected chi connectivity index (χ3v) is 3.10. The Labute approximate surface area is 116 Å². The molecule has 3 aromatic rings. The number of ether oxygens (including phenoxy) is 1. The molecule has 0 aliphatic carbocycles. The minimum absolute atomic E-state index is 0.251. The number of aryl methyl sites for hydroxylation is 1. The lowest BCUT2D eigenvalue weighted by Crippen LogP contribution is -2.11. The first kappa shape index (κ1) is 12.5. The Bertz CT molecular complexity index is 756. The third-order valence-electron chi connectivity index (χ3n) is 3.10. The topological polar surface area (TPSA) is 39.4 Å². The summed E-state index contributed by atoms with van der Waals surface area (Å²) < 4.78 is 10.7. The van der Waals surface area contributed by atoms with E-state index in [0.717, 1.165) is 16.5 Å². The Morgan fingerprint density at radius 2 is 2.00 bits per heavy atom. The lowest BCUT2D eigenvalue weighted by atomic mass is 10.1. The molecule has 0 atom stereocenters. The van der Waals surface area contributed by atoms with Crippen molar-refractivity contribution in [3.8, 4) is 5.75 Å². The predicted octanol–water partition coefficient (Wildman–Crippen LogP) is 3.89. The standard InChI is InChI=1S/C17H14O3/c1-12-5-4-6-13(9-12)10-17(18)20-16-11-19-15-8-3-2-7-14(15)16/h2-9,11H,10H2,1H3. The summed E-state index contributed by atoms with van der Waals surface area (Å²) in [4.78, 5) is 12.0. The van der Waals surface area contributed by atoms with E-state index in [2.05, 4.69) is 0 Å². The zero-order chi connectivity index (χ0) is 13.9. The van der Waals surface area contributed by atoms with Gasteiger partial charge >= 0.3 is 5.97 Å². The summed E-state index contributed by atoms with van der Waals surface area (Å²) in [6.45, 7) is 2.00. The van der Waals surface area contributed by atoms with Crippen LogP contribution in [0.4, 0.5) is 0 Å². The van der Waals surface area contributed by atoms with E-state index in [4.69, 9.17) is 9.15 Å². The van der Waals surface area contributed by atoms with E-state index in [0.29, 0.717) is 11.3 Å². The molecule has 3 rings (SSSR count). The smallest absolute Gasteiger partial charge is 0.315 e. The predicted molar refractivity (Wildman–Crippen MR) is 76.7 cm³/mol. The van der Waals surface area contributed by atoms with Crippen LogP contribution in [0.5, 0.6) is 5.75 Å². The van der Waals surface area contributed by atoms with Crippen LogP contribution in [0.2, 0.25) is 0 Å². The largest absolute Gasteiger partial charge is 0.460 e. The van der Waals surface area contributed by atoms with E-state index in [-0.39, 0.29) is 12.4 Å². The fourth-order valence-electron chi connectivity index (χ4n) is 2.18. The average Bonchev–Trinajstić information content (AvgIpc) is 2.82. The molecule has 0 bridgehead atoms. The summed E-state index contributed by atoms with van der Waals surface area (Å²) in [6.07, 6.45) is 1.72. The van der Waals surface area contributed by atoms with Gasteiger partial charge in [-0.05, 0) is 24.6 Å². The van der Waals surface area contributed by atoms with Gasteiger partial charge in [0.2, 0.25) is 0 Å². The molecule has 1 heterocycles.